The van der Waals surface area contributed by atoms with E-state index in [4.69, 9.17) is 54.5 Å². The molecule has 10 rings (SSSR count). The lowest BCUT2D eigenvalue weighted by molar-refractivity contribution is -0.150. The van der Waals surface area contributed by atoms with Crippen molar-refractivity contribution in [3.63, 3.8) is 0 Å². The molecule has 0 spiro atoms. The first-order valence-corrected chi connectivity index (χ1v) is 52.3. The molecule has 0 radical (unpaired) electrons. The minimum absolute atomic E-state index is 0. The van der Waals surface area contributed by atoms with Crippen LogP contribution in [-0.2, 0) is 102 Å². The summed E-state index contributed by atoms with van der Waals surface area (Å²) >= 11 is 7.77. The molecule has 3 aliphatic heterocycles. The van der Waals surface area contributed by atoms with Gasteiger partial charge in [-0.2, -0.15) is 0 Å². The molecule has 0 amide bonds. The van der Waals surface area contributed by atoms with E-state index in [-0.39, 0.29) is 74.5 Å². The summed E-state index contributed by atoms with van der Waals surface area (Å²) in [5.74, 6) is -1.74. The second kappa shape index (κ2) is 42.5. The number of Topliss-reactive ketones (excluding diaryl/α,β-unsaturated/α-hetero) is 2. The number of aliphatic hydroxyl groups is 5. The molecule has 1 unspecified atom stereocenters. The number of carbonyl (C=O) groups excluding carboxylic acids is 2. The fourth-order valence-corrected chi connectivity index (χ4v) is 27.3. The van der Waals surface area contributed by atoms with Gasteiger partial charge in [-0.3, -0.25) is 13.6 Å². The summed E-state index contributed by atoms with van der Waals surface area (Å²) in [4.78, 5) is 48.5. The van der Waals surface area contributed by atoms with Crippen LogP contribution >= 0.6 is 91.8 Å². The Morgan fingerprint density at radius 3 is 1.14 bits per heavy atom. The van der Waals surface area contributed by atoms with E-state index in [1.54, 1.807) is 63.7 Å². The van der Waals surface area contributed by atoms with Gasteiger partial charge in [0, 0.05) is 55.6 Å². The summed E-state index contributed by atoms with van der Waals surface area (Å²) < 4.78 is 135. The Bertz CT molecular complexity index is 4540. The number of carbonyl (C=O) groups is 2. The van der Waals surface area contributed by atoms with Crippen molar-refractivity contribution in [2.45, 2.75) is 209 Å². The minimum Gasteiger partial charge on any atom is -0.394 e. The third kappa shape index (κ3) is 34.9. The van der Waals surface area contributed by atoms with Crippen LogP contribution in [0.15, 0.2) is 79.2 Å². The summed E-state index contributed by atoms with van der Waals surface area (Å²) in [6.45, 7) is 40.9. The second-order valence-corrected chi connectivity index (χ2v) is 56.3. The van der Waals surface area contributed by atoms with E-state index in [9.17, 15) is 62.8 Å². The van der Waals surface area contributed by atoms with Crippen LogP contribution in [0, 0.1) is 0 Å². The fourth-order valence-electron chi connectivity index (χ4n) is 7.11. The van der Waals surface area contributed by atoms with Crippen LogP contribution in [0.25, 0.3) is 0 Å². The number of primary sulfonamides is 3. The Morgan fingerprint density at radius 1 is 0.486 bits per heavy atom. The van der Waals surface area contributed by atoms with Crippen LogP contribution < -0.4 is 20.6 Å². The number of aliphatic hydroxyl groups excluding tert-OH is 2. The van der Waals surface area contributed by atoms with E-state index in [2.05, 4.69) is 107 Å². The Balaban J connectivity index is 0.000000631. The lowest BCUT2D eigenvalue weighted by Gasteiger charge is -2.36. The third-order valence-electron chi connectivity index (χ3n) is 15.1. The van der Waals surface area contributed by atoms with Gasteiger partial charge in [-0.25, -0.2) is 93.3 Å². The molecular weight excluding hydrogens is 1710 g/mol. The van der Waals surface area contributed by atoms with E-state index in [1.165, 1.54) is 70.5 Å². The Labute approximate surface area is 676 Å². The van der Waals surface area contributed by atoms with Gasteiger partial charge < -0.3 is 49.2 Å². The maximum absolute atomic E-state index is 12.7. The van der Waals surface area contributed by atoms with E-state index < -0.39 is 94.5 Å². The smallest absolute Gasteiger partial charge is 0.249 e. The highest BCUT2D eigenvalue weighted by atomic mass is 35.5. The zero-order valence-electron chi connectivity index (χ0n) is 64.4. The van der Waals surface area contributed by atoms with Gasteiger partial charge in [0.1, 0.15) is 50.2 Å². The average Bonchev–Trinajstić information content (AvgIpc) is 1.78. The molecular formula is C61H105ClN12O21S12Si2. The maximum atomic E-state index is 12.7. The molecule has 622 valence electrons. The predicted molar refractivity (Wildman–Crippen MR) is 434 cm³/mol. The van der Waals surface area contributed by atoms with Crippen LogP contribution in [0.1, 0.15) is 168 Å². The number of nitrogens with two attached hydrogens (primary N) is 4. The summed E-state index contributed by atoms with van der Waals surface area (Å²) in [5.41, 5.74) is -3.29. The summed E-state index contributed by atoms with van der Waals surface area (Å²) in [6.07, 6.45) is 12.2. The topological polar surface area (TPSA) is 542 Å². The van der Waals surface area contributed by atoms with Crippen molar-refractivity contribution in [3.8, 4) is 0 Å². The molecule has 109 heavy (non-hydrogen) atoms. The van der Waals surface area contributed by atoms with Gasteiger partial charge in [0.15, 0.2) is 62.3 Å². The number of thiazole rings is 7. The molecule has 3 saturated heterocycles. The van der Waals surface area contributed by atoms with E-state index in [0.717, 1.165) is 87.3 Å². The Hall–Kier alpha value is -3.34. The molecule has 0 aromatic carbocycles. The monoisotopic (exact) mass is 1820 g/mol. The first-order chi connectivity index (χ1) is 48.9. The van der Waals surface area contributed by atoms with Crippen molar-refractivity contribution in [2.75, 3.05) is 58.2 Å². The lowest BCUT2D eigenvalue weighted by Crippen LogP contribution is -2.44. The summed E-state index contributed by atoms with van der Waals surface area (Å²) in [7, 11) is -21.4. The van der Waals surface area contributed by atoms with Crippen LogP contribution in [0.2, 0.25) is 36.3 Å². The minimum atomic E-state index is -3.71. The molecule has 7 aromatic rings. The zero-order valence-corrected chi connectivity index (χ0v) is 77.1. The van der Waals surface area contributed by atoms with Crippen LogP contribution in [0.4, 0.5) is 0 Å². The van der Waals surface area contributed by atoms with Gasteiger partial charge in [0.2, 0.25) is 41.6 Å². The molecule has 1 atom stereocenters. The molecule has 0 saturated carbocycles. The molecule has 0 aliphatic carbocycles. The van der Waals surface area contributed by atoms with E-state index >= 15 is 0 Å². The second-order valence-electron chi connectivity index (χ2n) is 28.4. The van der Waals surface area contributed by atoms with Gasteiger partial charge in [-0.05, 0) is 91.4 Å². The molecule has 48 heteroatoms. The standard InChI is InChI=1S/C13H25NO3S2Si.C12H25N3O2S2Si.C7H10N2O4S2.C7H9NO2S.C6H10N2O3S2.C5H6N2O3S2.C5H5NOS.C4H8O.C2H6O2.ClH/c1-12(2,3)20(6,7)9-19(16,17)10-8-14-11(18-10)13(4,5)15;1-11(2,3)20(6,7)15-19(13,17)9-8-14-10(18-9)12(4,5)16;1-7(12-2-3-13-7)6-9-4-5(14-6)15(8,10)11;1-7(9-3-4-10-7)6-8-2-5-11-6;1-6(2,9)5-8-3-4(12-5)13(7,10)11;1-3(8)5-7-2-4(11-5)12(6,9)10;1-4(7)5-6-2-3-8-5;1-2-4-5-3-1;3-1-2-4;/h8,15H,9H2,1-7H3;8,16H,1-7H3,(H2,13,15,17);4H,2-3H2,1H3,(H2,8,10,11);2,5H,3-4H2,1H3;3,9H,1-2H3,(H2,7,10,11);2H,1H3,(H2,6,9,10);2-3H,1H3;1-4H2;3-4H,1-2H2;1H. The van der Waals surface area contributed by atoms with Crippen LogP contribution in [0.3, 0.4) is 0 Å². The third-order valence-corrected chi connectivity index (χ3v) is 45.3. The van der Waals surface area contributed by atoms with Gasteiger partial charge in [0.25, 0.3) is 0 Å². The Morgan fingerprint density at radius 2 is 0.844 bits per heavy atom. The first-order valence-electron chi connectivity index (χ1n) is 32.4. The molecule has 7 aromatic heterocycles. The average molecular weight is 1820 g/mol. The zero-order chi connectivity index (χ0) is 83.4. The van der Waals surface area contributed by atoms with Crippen molar-refractivity contribution >= 4 is 169 Å². The highest BCUT2D eigenvalue weighted by molar-refractivity contribution is 7.95. The fraction of sp³-hybridized carbons (Fsp3) is 0.623. The molecule has 3 fully saturated rings. The first kappa shape index (κ1) is 104. The van der Waals surface area contributed by atoms with E-state index in [0.29, 0.717) is 55.7 Å². The highest BCUT2D eigenvalue weighted by Gasteiger charge is 2.42. The summed E-state index contributed by atoms with van der Waals surface area (Å²) in [6, 6.07) is 0. The number of rotatable bonds is 16. The molecule has 0 bridgehead atoms. The number of hydrogen-bond acceptors (Lipinski definition) is 36. The molecule has 13 N–H and O–H groups in total. The lowest BCUT2D eigenvalue weighted by atomic mass is 10.2. The SMILES string of the molecule is C1CCOC1.CC(=O)c1ncc(S(N)(=O)=O)s1.CC(=O)c1nccs1.CC(C)(O)c1ncc(S(=O)(=O)C[Si](C)(C)C(C)(C)C)s1.CC(C)(O)c1ncc(S(N)(=O)=N[Si](C)(C)C(C)(C)C)s1.CC(C)(O)c1ncc(S(N)(=O)=O)s1.CC1(c2ncc(S(N)(=O)=O)s2)OCCO1.CC1(c2nccs2)OCCO1.Cl.OCCO. The maximum Gasteiger partial charge on any atom is 0.249 e. The molecule has 3 aliphatic rings. The van der Waals surface area contributed by atoms with Crippen molar-refractivity contribution in [1.82, 2.24) is 34.9 Å². The summed E-state index contributed by atoms with van der Waals surface area (Å²) in [5, 5.41) is 72.4. The molecule has 10 heterocycles. The quantitative estimate of drug-likeness (QED) is 0.0321. The predicted octanol–water partition coefficient (Wildman–Crippen LogP) is 9.19. The number of sulfone groups is 1. The number of hydrogen-bond donors (Lipinski definition) is 9. The van der Waals surface area contributed by atoms with Crippen molar-refractivity contribution in [1.29, 1.82) is 0 Å². The van der Waals surface area contributed by atoms with Gasteiger partial charge in [-0.15, -0.1) is 80.4 Å². The number of sulfonamides is 3. The van der Waals surface area contributed by atoms with E-state index in [1.807, 2.05) is 12.3 Å². The highest BCUT2D eigenvalue weighted by Crippen LogP contribution is 2.41. The normalized spacial score (nSPS) is 15.8. The number of ketones is 2. The van der Waals surface area contributed by atoms with Crippen LogP contribution in [0.5, 0.6) is 0 Å². The van der Waals surface area contributed by atoms with Crippen LogP contribution in [-0.4, -0.2) is 184 Å². The number of ether oxygens (including phenoxy) is 5. The van der Waals surface area contributed by atoms with Crippen molar-refractivity contribution in [3.05, 3.63) is 89.2 Å². The number of nitrogens with zero attached hydrogens (tertiary/aromatic N) is 8. The van der Waals surface area contributed by atoms with Crippen molar-refractivity contribution < 1.29 is 96.7 Å². The van der Waals surface area contributed by atoms with Gasteiger partial charge >= 0.3 is 0 Å². The van der Waals surface area contributed by atoms with Gasteiger partial charge in [-0.1, -0.05) is 66.0 Å². The largest absolute Gasteiger partial charge is 0.394 e. The van der Waals surface area contributed by atoms with Gasteiger partial charge in [0.05, 0.1) is 78.7 Å². The molecule has 33 nitrogen and oxygen atoms in total. The number of halogens is 1. The number of aromatic nitrogens is 7. The Kier molecular flexibility index (Phi) is 40.4. The van der Waals surface area contributed by atoms with Crippen molar-refractivity contribution in [2.24, 2.45) is 24.6 Å².